The monoisotopic (exact) mass is 427 g/mol. The van der Waals surface area contributed by atoms with E-state index in [0.717, 1.165) is 17.1 Å². The van der Waals surface area contributed by atoms with Gasteiger partial charge in [0.25, 0.3) is 0 Å². The van der Waals surface area contributed by atoms with Crippen molar-refractivity contribution in [2.75, 3.05) is 26.7 Å². The highest BCUT2D eigenvalue weighted by atomic mass is 35.5. The fourth-order valence-corrected chi connectivity index (χ4v) is 3.17. The summed E-state index contributed by atoms with van der Waals surface area (Å²) < 4.78 is 17.0. The van der Waals surface area contributed by atoms with E-state index in [0.29, 0.717) is 48.8 Å². The highest BCUT2D eigenvalue weighted by molar-refractivity contribution is 6.30. The van der Waals surface area contributed by atoms with Crippen molar-refractivity contribution in [2.24, 2.45) is 4.99 Å². The molecule has 8 nitrogen and oxygen atoms in total. The maximum Gasteiger partial charge on any atom is 0.228 e. The minimum absolute atomic E-state index is 0.102. The summed E-state index contributed by atoms with van der Waals surface area (Å²) in [7, 11) is 1.72. The Bertz CT molecular complexity index is 1020. The molecule has 0 aliphatic carbocycles. The molecule has 3 aromatic rings. The normalized spacial score (nSPS) is 15.7. The van der Waals surface area contributed by atoms with Crippen molar-refractivity contribution in [3.05, 3.63) is 59.4 Å². The lowest BCUT2D eigenvalue weighted by atomic mass is 10.2. The standard InChI is InChI=1S/C21H22ClN5O3/c1-23-21(25-12-16-13-28-17-7-2-3-8-18(17)29-16)24-10-9-19-26-20(27-30-19)14-5-4-6-15(22)11-14/h2-8,11,16H,9-10,12-13H2,1H3,(H2,23,24,25). The second kappa shape index (κ2) is 9.49. The van der Waals surface area contributed by atoms with Crippen molar-refractivity contribution >= 4 is 17.6 Å². The van der Waals surface area contributed by atoms with E-state index in [2.05, 4.69) is 25.8 Å². The number of halogens is 1. The van der Waals surface area contributed by atoms with E-state index in [-0.39, 0.29) is 6.10 Å². The maximum absolute atomic E-state index is 6.01. The molecule has 1 atom stereocenters. The van der Waals surface area contributed by atoms with Crippen LogP contribution in [0.5, 0.6) is 11.5 Å². The molecular weight excluding hydrogens is 406 g/mol. The first-order valence-electron chi connectivity index (χ1n) is 9.63. The van der Waals surface area contributed by atoms with E-state index in [1.54, 1.807) is 19.2 Å². The van der Waals surface area contributed by atoms with Gasteiger partial charge in [-0.05, 0) is 24.3 Å². The van der Waals surface area contributed by atoms with Crippen LogP contribution in [-0.4, -0.2) is 48.9 Å². The van der Waals surface area contributed by atoms with Gasteiger partial charge in [-0.1, -0.05) is 41.0 Å². The van der Waals surface area contributed by atoms with Crippen molar-refractivity contribution in [3.8, 4) is 22.9 Å². The van der Waals surface area contributed by atoms with E-state index in [9.17, 15) is 0 Å². The van der Waals surface area contributed by atoms with Gasteiger partial charge in [0.05, 0.1) is 6.54 Å². The van der Waals surface area contributed by atoms with Crippen LogP contribution < -0.4 is 20.1 Å². The molecule has 0 spiro atoms. The lowest BCUT2D eigenvalue weighted by Gasteiger charge is -2.27. The molecule has 2 N–H and O–H groups in total. The van der Waals surface area contributed by atoms with Gasteiger partial charge in [-0.2, -0.15) is 4.98 Å². The molecule has 0 saturated heterocycles. The summed E-state index contributed by atoms with van der Waals surface area (Å²) in [5, 5.41) is 11.1. The third-order valence-corrected chi connectivity index (χ3v) is 4.71. The zero-order valence-corrected chi connectivity index (χ0v) is 17.2. The third kappa shape index (κ3) is 5.01. The van der Waals surface area contributed by atoms with Crippen LogP contribution in [0.25, 0.3) is 11.4 Å². The SMILES string of the molecule is CN=C(NCCc1nc(-c2cccc(Cl)c2)no1)NCC1COc2ccccc2O1. The second-order valence-electron chi connectivity index (χ2n) is 6.65. The Morgan fingerprint density at radius 2 is 2.03 bits per heavy atom. The van der Waals surface area contributed by atoms with Crippen molar-refractivity contribution < 1.29 is 14.0 Å². The van der Waals surface area contributed by atoms with Gasteiger partial charge in [-0.15, -0.1) is 0 Å². The van der Waals surface area contributed by atoms with Gasteiger partial charge in [0.1, 0.15) is 12.7 Å². The predicted octanol–water partition coefficient (Wildman–Crippen LogP) is 2.94. The zero-order chi connectivity index (χ0) is 20.8. The molecule has 0 bridgehead atoms. The van der Waals surface area contributed by atoms with Crippen LogP contribution in [0.15, 0.2) is 58.0 Å². The summed E-state index contributed by atoms with van der Waals surface area (Å²) in [4.78, 5) is 8.64. The number of benzene rings is 2. The minimum Gasteiger partial charge on any atom is -0.486 e. The number of nitrogens with one attached hydrogen (secondary N) is 2. The molecule has 2 aromatic carbocycles. The fraction of sp³-hybridized carbons (Fsp3) is 0.286. The lowest BCUT2D eigenvalue weighted by molar-refractivity contribution is 0.0936. The molecule has 1 aromatic heterocycles. The predicted molar refractivity (Wildman–Crippen MR) is 114 cm³/mol. The lowest BCUT2D eigenvalue weighted by Crippen LogP contribution is -2.45. The molecule has 0 fully saturated rings. The van der Waals surface area contributed by atoms with Gasteiger partial charge in [-0.3, -0.25) is 4.99 Å². The Balaban J connectivity index is 1.23. The van der Waals surface area contributed by atoms with Crippen LogP contribution in [0.2, 0.25) is 5.02 Å². The zero-order valence-electron chi connectivity index (χ0n) is 16.5. The van der Waals surface area contributed by atoms with Crippen LogP contribution in [0.4, 0.5) is 0 Å². The molecular formula is C21H22ClN5O3. The number of fused-ring (bicyclic) bond motifs is 1. The number of guanidine groups is 1. The first-order chi connectivity index (χ1) is 14.7. The minimum atomic E-state index is -0.102. The van der Waals surface area contributed by atoms with Crippen molar-refractivity contribution in [1.82, 2.24) is 20.8 Å². The largest absolute Gasteiger partial charge is 0.486 e. The number of rotatable bonds is 6. The Kier molecular flexibility index (Phi) is 6.34. The number of hydrogen-bond acceptors (Lipinski definition) is 6. The number of nitrogens with zero attached hydrogens (tertiary/aromatic N) is 3. The van der Waals surface area contributed by atoms with Crippen LogP contribution in [0.1, 0.15) is 5.89 Å². The van der Waals surface area contributed by atoms with E-state index in [1.807, 2.05) is 36.4 Å². The molecule has 1 aliphatic heterocycles. The summed E-state index contributed by atoms with van der Waals surface area (Å²) in [6, 6.07) is 15.0. The quantitative estimate of drug-likeness (QED) is 0.461. The van der Waals surface area contributed by atoms with Gasteiger partial charge < -0.3 is 24.6 Å². The number of aromatic nitrogens is 2. The van der Waals surface area contributed by atoms with E-state index in [1.165, 1.54) is 0 Å². The molecule has 156 valence electrons. The van der Waals surface area contributed by atoms with Gasteiger partial charge in [0, 0.05) is 30.6 Å². The van der Waals surface area contributed by atoms with Gasteiger partial charge in [-0.25, -0.2) is 0 Å². The number of aliphatic imine (C=N–C) groups is 1. The molecule has 0 saturated carbocycles. The first-order valence-corrected chi connectivity index (χ1v) is 10.0. The van der Waals surface area contributed by atoms with Crippen LogP contribution in [0, 0.1) is 0 Å². The maximum atomic E-state index is 6.01. The Morgan fingerprint density at radius 1 is 1.17 bits per heavy atom. The van der Waals surface area contributed by atoms with Crippen LogP contribution >= 0.6 is 11.6 Å². The van der Waals surface area contributed by atoms with Gasteiger partial charge >= 0.3 is 0 Å². The van der Waals surface area contributed by atoms with E-state index >= 15 is 0 Å². The molecule has 1 aliphatic rings. The molecule has 30 heavy (non-hydrogen) atoms. The van der Waals surface area contributed by atoms with E-state index in [4.69, 9.17) is 25.6 Å². The molecule has 4 rings (SSSR count). The van der Waals surface area contributed by atoms with Crippen molar-refractivity contribution in [2.45, 2.75) is 12.5 Å². The smallest absolute Gasteiger partial charge is 0.228 e. The molecule has 1 unspecified atom stereocenters. The molecule has 2 heterocycles. The van der Waals surface area contributed by atoms with Gasteiger partial charge in [0.2, 0.25) is 11.7 Å². The highest BCUT2D eigenvalue weighted by Gasteiger charge is 2.20. The topological polar surface area (TPSA) is 93.8 Å². The molecule has 9 heteroatoms. The summed E-state index contributed by atoms with van der Waals surface area (Å²) >= 11 is 6.01. The summed E-state index contributed by atoms with van der Waals surface area (Å²) in [5.41, 5.74) is 0.819. The van der Waals surface area contributed by atoms with E-state index < -0.39 is 0 Å². The Hall–Kier alpha value is -3.26. The van der Waals surface area contributed by atoms with Crippen molar-refractivity contribution in [3.63, 3.8) is 0 Å². The number of hydrogen-bond donors (Lipinski definition) is 2. The average molecular weight is 428 g/mol. The van der Waals surface area contributed by atoms with Crippen LogP contribution in [0.3, 0.4) is 0 Å². The summed E-state index contributed by atoms with van der Waals surface area (Å²) in [5.74, 6) is 3.24. The molecule has 0 amide bonds. The summed E-state index contributed by atoms with van der Waals surface area (Å²) in [6.07, 6.45) is 0.458. The summed E-state index contributed by atoms with van der Waals surface area (Å²) in [6.45, 7) is 1.63. The van der Waals surface area contributed by atoms with Crippen LogP contribution in [-0.2, 0) is 6.42 Å². The number of para-hydroxylation sites is 2. The second-order valence-corrected chi connectivity index (χ2v) is 7.09. The van der Waals surface area contributed by atoms with Gasteiger partial charge in [0.15, 0.2) is 17.5 Å². The Morgan fingerprint density at radius 3 is 2.87 bits per heavy atom. The average Bonchev–Trinajstić information content (AvgIpc) is 3.25. The fourth-order valence-electron chi connectivity index (χ4n) is 2.98. The highest BCUT2D eigenvalue weighted by Crippen LogP contribution is 2.30. The first kappa shape index (κ1) is 20.0. The number of ether oxygens (including phenoxy) is 2. The van der Waals surface area contributed by atoms with Crippen molar-refractivity contribution in [1.29, 1.82) is 0 Å². The molecule has 0 radical (unpaired) electrons. The Labute approximate surface area is 179 Å². The third-order valence-electron chi connectivity index (χ3n) is 4.47.